The lowest BCUT2D eigenvalue weighted by Gasteiger charge is -2.09. The van der Waals surface area contributed by atoms with Crippen LogP contribution in [0.2, 0.25) is 0 Å². The molecule has 148 valence electrons. The van der Waals surface area contributed by atoms with Gasteiger partial charge in [0.05, 0.1) is 7.11 Å². The molecule has 1 heterocycles. The van der Waals surface area contributed by atoms with E-state index in [2.05, 4.69) is 20.9 Å². The molecular weight excluding hydrogens is 368 g/mol. The molecule has 0 fully saturated rings. The second-order valence-electron chi connectivity index (χ2n) is 6.27. The number of carbonyl (C=O) groups excluding carboxylic acids is 2. The lowest BCUT2D eigenvalue weighted by molar-refractivity contribution is 0.0951. The van der Waals surface area contributed by atoms with Crippen molar-refractivity contribution in [2.75, 3.05) is 12.4 Å². The molecule has 0 atom stereocenters. The number of nitrogens with one attached hydrogen (secondary N) is 3. The Morgan fingerprint density at radius 1 is 0.828 bits per heavy atom. The van der Waals surface area contributed by atoms with Crippen LogP contribution in [-0.4, -0.2) is 24.0 Å². The predicted octanol–water partition coefficient (Wildman–Crippen LogP) is 3.34. The number of urea groups is 1. The van der Waals surface area contributed by atoms with E-state index in [9.17, 15) is 9.59 Å². The average molecular weight is 390 g/mol. The Kier molecular flexibility index (Phi) is 6.78. The molecule has 0 saturated heterocycles. The lowest BCUT2D eigenvalue weighted by Crippen LogP contribution is -2.28. The molecule has 2 aromatic carbocycles. The summed E-state index contributed by atoms with van der Waals surface area (Å²) >= 11 is 0. The van der Waals surface area contributed by atoms with E-state index in [1.807, 2.05) is 36.4 Å². The molecule has 3 aromatic rings. The zero-order valence-corrected chi connectivity index (χ0v) is 16.0. The monoisotopic (exact) mass is 390 g/mol. The molecule has 0 radical (unpaired) electrons. The van der Waals surface area contributed by atoms with Gasteiger partial charge in [-0.3, -0.25) is 9.78 Å². The minimum atomic E-state index is -0.321. The molecule has 29 heavy (non-hydrogen) atoms. The van der Waals surface area contributed by atoms with E-state index in [1.54, 1.807) is 43.8 Å². The maximum Gasteiger partial charge on any atom is 0.319 e. The number of nitrogens with zero attached hydrogens (tertiary/aromatic N) is 1. The predicted molar refractivity (Wildman–Crippen MR) is 111 cm³/mol. The Morgan fingerprint density at radius 2 is 1.45 bits per heavy atom. The first kappa shape index (κ1) is 19.9. The molecule has 7 heteroatoms. The van der Waals surface area contributed by atoms with Crippen molar-refractivity contribution in [3.63, 3.8) is 0 Å². The lowest BCUT2D eigenvalue weighted by atomic mass is 10.1. The molecule has 0 aliphatic carbocycles. The Morgan fingerprint density at radius 3 is 2.10 bits per heavy atom. The van der Waals surface area contributed by atoms with Crippen LogP contribution < -0.4 is 20.7 Å². The van der Waals surface area contributed by atoms with Crippen molar-refractivity contribution >= 4 is 17.6 Å². The summed E-state index contributed by atoms with van der Waals surface area (Å²) in [7, 11) is 1.61. The molecule has 3 amide bonds. The van der Waals surface area contributed by atoms with Gasteiger partial charge in [-0.2, -0.15) is 0 Å². The van der Waals surface area contributed by atoms with E-state index in [-0.39, 0.29) is 11.9 Å². The number of benzene rings is 2. The largest absolute Gasteiger partial charge is 0.497 e. The van der Waals surface area contributed by atoms with Crippen molar-refractivity contribution in [3.05, 3.63) is 89.7 Å². The summed E-state index contributed by atoms with van der Waals surface area (Å²) < 4.78 is 5.12. The molecule has 3 N–H and O–H groups in total. The summed E-state index contributed by atoms with van der Waals surface area (Å²) in [5, 5.41) is 8.37. The Balaban J connectivity index is 1.47. The summed E-state index contributed by atoms with van der Waals surface area (Å²) in [6.07, 6.45) is 3.35. The van der Waals surface area contributed by atoms with Gasteiger partial charge >= 0.3 is 6.03 Å². The first-order valence-corrected chi connectivity index (χ1v) is 9.09. The van der Waals surface area contributed by atoms with Crippen LogP contribution in [0.5, 0.6) is 5.75 Å². The van der Waals surface area contributed by atoms with Gasteiger partial charge in [-0.1, -0.05) is 12.1 Å². The van der Waals surface area contributed by atoms with E-state index in [4.69, 9.17) is 4.74 Å². The fourth-order valence-corrected chi connectivity index (χ4v) is 2.59. The zero-order valence-electron chi connectivity index (χ0n) is 16.0. The van der Waals surface area contributed by atoms with E-state index < -0.39 is 0 Å². The number of ether oxygens (including phenoxy) is 1. The minimum absolute atomic E-state index is 0.186. The number of aromatic nitrogens is 1. The fourth-order valence-electron chi connectivity index (χ4n) is 2.59. The van der Waals surface area contributed by atoms with Crippen molar-refractivity contribution in [1.82, 2.24) is 15.6 Å². The number of pyridine rings is 1. The van der Waals surface area contributed by atoms with Gasteiger partial charge in [-0.05, 0) is 59.7 Å². The summed E-state index contributed by atoms with van der Waals surface area (Å²) in [6, 6.07) is 17.6. The van der Waals surface area contributed by atoms with E-state index in [0.717, 1.165) is 16.9 Å². The molecule has 7 nitrogen and oxygen atoms in total. The maximum atomic E-state index is 12.3. The van der Waals surface area contributed by atoms with Gasteiger partial charge in [-0.15, -0.1) is 0 Å². The third kappa shape index (κ3) is 6.07. The van der Waals surface area contributed by atoms with Crippen LogP contribution in [0.15, 0.2) is 73.1 Å². The molecule has 0 saturated carbocycles. The summed E-state index contributed by atoms with van der Waals surface area (Å²) in [4.78, 5) is 28.2. The maximum absolute atomic E-state index is 12.3. The van der Waals surface area contributed by atoms with Gasteiger partial charge in [-0.25, -0.2) is 4.79 Å². The molecule has 0 aliphatic heterocycles. The van der Waals surface area contributed by atoms with Gasteiger partial charge in [0, 0.05) is 36.7 Å². The smallest absolute Gasteiger partial charge is 0.319 e. The number of rotatable bonds is 7. The third-order valence-electron chi connectivity index (χ3n) is 4.22. The van der Waals surface area contributed by atoms with Gasteiger partial charge in [0.1, 0.15) is 5.75 Å². The van der Waals surface area contributed by atoms with Crippen molar-refractivity contribution in [3.8, 4) is 5.75 Å². The number of hydrogen-bond acceptors (Lipinski definition) is 4. The highest BCUT2D eigenvalue weighted by molar-refractivity contribution is 5.95. The normalized spacial score (nSPS) is 10.1. The summed E-state index contributed by atoms with van der Waals surface area (Å²) in [5.41, 5.74) is 3.05. The highest BCUT2D eigenvalue weighted by Crippen LogP contribution is 2.12. The van der Waals surface area contributed by atoms with E-state index >= 15 is 0 Å². The van der Waals surface area contributed by atoms with E-state index in [1.165, 1.54) is 0 Å². The van der Waals surface area contributed by atoms with Gasteiger partial charge in [0.25, 0.3) is 5.91 Å². The summed E-state index contributed by atoms with van der Waals surface area (Å²) in [5.74, 6) is 0.586. The molecule has 0 spiro atoms. The highest BCUT2D eigenvalue weighted by atomic mass is 16.5. The topological polar surface area (TPSA) is 92.4 Å². The number of hydrogen-bond donors (Lipinski definition) is 3. The zero-order chi connectivity index (χ0) is 20.5. The SMILES string of the molecule is COc1ccc(CNC(=O)c2ccc(NC(=O)NCc3ccncc3)cc2)cc1. The summed E-state index contributed by atoms with van der Waals surface area (Å²) in [6.45, 7) is 0.820. The average Bonchev–Trinajstić information content (AvgIpc) is 2.77. The van der Waals surface area contributed by atoms with Crippen LogP contribution >= 0.6 is 0 Å². The van der Waals surface area contributed by atoms with Crippen molar-refractivity contribution in [1.29, 1.82) is 0 Å². The Labute approximate surface area is 169 Å². The molecule has 1 aromatic heterocycles. The van der Waals surface area contributed by atoms with Gasteiger partial charge in [0.2, 0.25) is 0 Å². The van der Waals surface area contributed by atoms with Crippen molar-refractivity contribution < 1.29 is 14.3 Å². The molecule has 0 unspecified atom stereocenters. The van der Waals surface area contributed by atoms with Crippen LogP contribution in [-0.2, 0) is 13.1 Å². The minimum Gasteiger partial charge on any atom is -0.497 e. The Hall–Kier alpha value is -3.87. The molecule has 0 bridgehead atoms. The van der Waals surface area contributed by atoms with Crippen LogP contribution in [0.3, 0.4) is 0 Å². The quantitative estimate of drug-likeness (QED) is 0.577. The molecular formula is C22H22N4O3. The van der Waals surface area contributed by atoms with Crippen molar-refractivity contribution in [2.45, 2.75) is 13.1 Å². The van der Waals surface area contributed by atoms with Crippen LogP contribution in [0.1, 0.15) is 21.5 Å². The van der Waals surface area contributed by atoms with Gasteiger partial charge < -0.3 is 20.7 Å². The van der Waals surface area contributed by atoms with Crippen LogP contribution in [0, 0.1) is 0 Å². The fraction of sp³-hybridized carbons (Fsp3) is 0.136. The number of anilines is 1. The second kappa shape index (κ2) is 9.89. The first-order chi connectivity index (χ1) is 14.1. The number of carbonyl (C=O) groups is 2. The first-order valence-electron chi connectivity index (χ1n) is 9.09. The van der Waals surface area contributed by atoms with Crippen LogP contribution in [0.25, 0.3) is 0 Å². The van der Waals surface area contributed by atoms with Gasteiger partial charge in [0.15, 0.2) is 0 Å². The third-order valence-corrected chi connectivity index (χ3v) is 4.22. The number of amides is 3. The Bertz CT molecular complexity index is 942. The standard InChI is InChI=1S/C22H22N4O3/c1-29-20-8-2-16(3-9-20)14-24-21(27)18-4-6-19(7-5-18)26-22(28)25-15-17-10-12-23-13-11-17/h2-13H,14-15H2,1H3,(H,24,27)(H2,25,26,28). The number of methoxy groups -OCH3 is 1. The van der Waals surface area contributed by atoms with E-state index in [0.29, 0.717) is 24.3 Å². The molecule has 3 rings (SSSR count). The highest BCUT2D eigenvalue weighted by Gasteiger charge is 2.07. The molecule has 0 aliphatic rings. The van der Waals surface area contributed by atoms with Crippen molar-refractivity contribution in [2.24, 2.45) is 0 Å². The van der Waals surface area contributed by atoms with Crippen LogP contribution in [0.4, 0.5) is 10.5 Å². The second-order valence-corrected chi connectivity index (χ2v) is 6.27.